The van der Waals surface area contributed by atoms with Crippen molar-refractivity contribution in [2.24, 2.45) is 5.92 Å². The van der Waals surface area contributed by atoms with E-state index < -0.39 is 0 Å². The number of halogens is 1. The number of carbonyl (C=O) groups is 1. The lowest BCUT2D eigenvalue weighted by Gasteiger charge is -2.17. The molecule has 0 bridgehead atoms. The molecule has 3 N–H and O–H groups in total. The van der Waals surface area contributed by atoms with Gasteiger partial charge in [0.2, 0.25) is 0 Å². The molecule has 1 amide bonds. The minimum Gasteiger partial charge on any atom is -0.399 e. The second-order valence-corrected chi connectivity index (χ2v) is 4.13. The standard InChI is InChI=1S/C12H18N2O.ClH/c1-8(2)9(3)14-12(15)10-5-4-6-11(13)7-10;/h4-9H,13H2,1-3H3,(H,14,15);1H. The first-order valence-electron chi connectivity index (χ1n) is 5.17. The summed E-state index contributed by atoms with van der Waals surface area (Å²) in [5, 5.41) is 2.93. The highest BCUT2D eigenvalue weighted by Gasteiger charge is 2.12. The van der Waals surface area contributed by atoms with Gasteiger partial charge in [0.25, 0.3) is 5.91 Å². The predicted octanol–water partition coefficient (Wildman–Crippen LogP) is 2.46. The monoisotopic (exact) mass is 242 g/mol. The van der Waals surface area contributed by atoms with Gasteiger partial charge in [-0.15, -0.1) is 12.4 Å². The SMILES string of the molecule is CC(C)C(C)NC(=O)c1cccc(N)c1.Cl. The topological polar surface area (TPSA) is 55.1 Å². The Bertz CT molecular complexity index is 353. The average Bonchev–Trinajstić information content (AvgIpc) is 2.17. The van der Waals surface area contributed by atoms with Crippen LogP contribution in [0.4, 0.5) is 5.69 Å². The lowest BCUT2D eigenvalue weighted by molar-refractivity contribution is 0.0930. The zero-order chi connectivity index (χ0) is 11.4. The van der Waals surface area contributed by atoms with Crippen molar-refractivity contribution in [2.45, 2.75) is 26.8 Å². The molecule has 0 fully saturated rings. The number of hydrogen-bond acceptors (Lipinski definition) is 2. The van der Waals surface area contributed by atoms with Crippen LogP contribution >= 0.6 is 12.4 Å². The third-order valence-corrected chi connectivity index (χ3v) is 2.51. The number of nitrogen functional groups attached to an aromatic ring is 1. The van der Waals surface area contributed by atoms with Crippen molar-refractivity contribution >= 4 is 24.0 Å². The molecular formula is C12H19ClN2O. The van der Waals surface area contributed by atoms with E-state index in [9.17, 15) is 4.79 Å². The maximum absolute atomic E-state index is 11.7. The second kappa shape index (κ2) is 6.38. The smallest absolute Gasteiger partial charge is 0.251 e. The van der Waals surface area contributed by atoms with Crippen molar-refractivity contribution in [1.29, 1.82) is 0 Å². The summed E-state index contributed by atoms with van der Waals surface area (Å²) in [6.07, 6.45) is 0. The van der Waals surface area contributed by atoms with Gasteiger partial charge in [0, 0.05) is 17.3 Å². The molecule has 0 spiro atoms. The molecule has 1 atom stereocenters. The van der Waals surface area contributed by atoms with Crippen molar-refractivity contribution in [3.05, 3.63) is 29.8 Å². The van der Waals surface area contributed by atoms with Gasteiger partial charge in [0.15, 0.2) is 0 Å². The first-order valence-corrected chi connectivity index (χ1v) is 5.17. The van der Waals surface area contributed by atoms with Gasteiger partial charge in [-0.2, -0.15) is 0 Å². The molecule has 1 unspecified atom stereocenters. The predicted molar refractivity (Wildman–Crippen MR) is 69.9 cm³/mol. The number of benzene rings is 1. The zero-order valence-electron chi connectivity index (χ0n) is 9.86. The van der Waals surface area contributed by atoms with Gasteiger partial charge in [-0.1, -0.05) is 19.9 Å². The van der Waals surface area contributed by atoms with Crippen molar-refractivity contribution < 1.29 is 4.79 Å². The number of anilines is 1. The number of rotatable bonds is 3. The summed E-state index contributed by atoms with van der Waals surface area (Å²) in [6.45, 7) is 6.14. The fourth-order valence-electron chi connectivity index (χ4n) is 1.14. The molecule has 0 saturated carbocycles. The van der Waals surface area contributed by atoms with Gasteiger partial charge in [-0.3, -0.25) is 4.79 Å². The Hall–Kier alpha value is -1.22. The molecule has 0 aromatic heterocycles. The van der Waals surface area contributed by atoms with E-state index in [1.165, 1.54) is 0 Å². The maximum atomic E-state index is 11.7. The van der Waals surface area contributed by atoms with Crippen molar-refractivity contribution in [3.63, 3.8) is 0 Å². The molecule has 0 radical (unpaired) electrons. The molecule has 16 heavy (non-hydrogen) atoms. The highest BCUT2D eigenvalue weighted by atomic mass is 35.5. The van der Waals surface area contributed by atoms with Crippen LogP contribution in [0.1, 0.15) is 31.1 Å². The van der Waals surface area contributed by atoms with Gasteiger partial charge in [-0.25, -0.2) is 0 Å². The van der Waals surface area contributed by atoms with Crippen LogP contribution < -0.4 is 11.1 Å². The Morgan fingerprint density at radius 1 is 1.31 bits per heavy atom. The lowest BCUT2D eigenvalue weighted by atomic mass is 10.1. The van der Waals surface area contributed by atoms with Gasteiger partial charge in [-0.05, 0) is 31.0 Å². The van der Waals surface area contributed by atoms with Crippen LogP contribution in [-0.4, -0.2) is 11.9 Å². The summed E-state index contributed by atoms with van der Waals surface area (Å²) < 4.78 is 0. The summed E-state index contributed by atoms with van der Waals surface area (Å²) in [6, 6.07) is 7.16. The third-order valence-electron chi connectivity index (χ3n) is 2.51. The lowest BCUT2D eigenvalue weighted by Crippen LogP contribution is -2.36. The number of hydrogen-bond donors (Lipinski definition) is 2. The van der Waals surface area contributed by atoms with Gasteiger partial charge in [0.1, 0.15) is 0 Å². The number of carbonyl (C=O) groups excluding carboxylic acids is 1. The summed E-state index contributed by atoms with van der Waals surface area (Å²) in [5.74, 6) is 0.360. The minimum absolute atomic E-state index is 0. The largest absolute Gasteiger partial charge is 0.399 e. The summed E-state index contributed by atoms with van der Waals surface area (Å²) in [5.41, 5.74) is 6.83. The number of nitrogens with one attached hydrogen (secondary N) is 1. The van der Waals surface area contributed by atoms with Gasteiger partial charge < -0.3 is 11.1 Å². The van der Waals surface area contributed by atoms with E-state index in [4.69, 9.17) is 5.73 Å². The molecule has 0 aliphatic carbocycles. The molecule has 0 aliphatic heterocycles. The maximum Gasteiger partial charge on any atom is 0.251 e. The highest BCUT2D eigenvalue weighted by molar-refractivity contribution is 5.95. The van der Waals surface area contributed by atoms with Crippen LogP contribution in [0.3, 0.4) is 0 Å². The molecular weight excluding hydrogens is 224 g/mol. The molecule has 3 nitrogen and oxygen atoms in total. The molecule has 0 heterocycles. The van der Waals surface area contributed by atoms with E-state index >= 15 is 0 Å². The Labute approximate surface area is 103 Å². The third kappa shape index (κ3) is 4.11. The Kier molecular flexibility index (Phi) is 5.89. The molecule has 1 rings (SSSR count). The van der Waals surface area contributed by atoms with E-state index in [-0.39, 0.29) is 24.4 Å². The van der Waals surface area contributed by atoms with E-state index in [0.717, 1.165) is 0 Å². The van der Waals surface area contributed by atoms with Crippen molar-refractivity contribution in [3.8, 4) is 0 Å². The van der Waals surface area contributed by atoms with Crippen LogP contribution in [0.25, 0.3) is 0 Å². The minimum atomic E-state index is -0.0662. The first-order chi connectivity index (χ1) is 7.00. The molecule has 0 saturated heterocycles. The zero-order valence-corrected chi connectivity index (χ0v) is 10.7. The Morgan fingerprint density at radius 3 is 2.44 bits per heavy atom. The molecule has 0 aliphatic rings. The summed E-state index contributed by atoms with van der Waals surface area (Å²) in [4.78, 5) is 11.7. The normalized spacial score (nSPS) is 11.8. The quantitative estimate of drug-likeness (QED) is 0.800. The van der Waals surface area contributed by atoms with E-state index in [2.05, 4.69) is 19.2 Å². The number of amides is 1. The van der Waals surface area contributed by atoms with Gasteiger partial charge in [0.05, 0.1) is 0 Å². The fraction of sp³-hybridized carbons (Fsp3) is 0.417. The highest BCUT2D eigenvalue weighted by Crippen LogP contribution is 2.08. The average molecular weight is 243 g/mol. The number of nitrogens with two attached hydrogens (primary N) is 1. The Balaban J connectivity index is 0.00000225. The van der Waals surface area contributed by atoms with E-state index in [0.29, 0.717) is 17.2 Å². The van der Waals surface area contributed by atoms with Crippen LogP contribution in [0.5, 0.6) is 0 Å². The first kappa shape index (κ1) is 14.8. The van der Waals surface area contributed by atoms with Gasteiger partial charge >= 0.3 is 0 Å². The van der Waals surface area contributed by atoms with Crippen LogP contribution in [0, 0.1) is 5.92 Å². The van der Waals surface area contributed by atoms with E-state index in [1.54, 1.807) is 24.3 Å². The molecule has 4 heteroatoms. The molecule has 90 valence electrons. The van der Waals surface area contributed by atoms with Crippen molar-refractivity contribution in [1.82, 2.24) is 5.32 Å². The molecule has 1 aromatic rings. The summed E-state index contributed by atoms with van der Waals surface area (Å²) in [7, 11) is 0. The second-order valence-electron chi connectivity index (χ2n) is 4.13. The summed E-state index contributed by atoms with van der Waals surface area (Å²) >= 11 is 0. The van der Waals surface area contributed by atoms with Crippen LogP contribution in [-0.2, 0) is 0 Å². The van der Waals surface area contributed by atoms with E-state index in [1.807, 2.05) is 6.92 Å². The Morgan fingerprint density at radius 2 is 1.94 bits per heavy atom. The van der Waals surface area contributed by atoms with Crippen LogP contribution in [0.2, 0.25) is 0 Å². The fourth-order valence-corrected chi connectivity index (χ4v) is 1.14. The van der Waals surface area contributed by atoms with Crippen LogP contribution in [0.15, 0.2) is 24.3 Å². The molecule has 1 aromatic carbocycles. The van der Waals surface area contributed by atoms with Crippen molar-refractivity contribution in [2.75, 3.05) is 5.73 Å².